The molecule has 0 unspecified atom stereocenters. The fourth-order valence-electron chi connectivity index (χ4n) is 0.0857. The van der Waals surface area contributed by atoms with E-state index in [1.54, 1.807) is 0 Å². The minimum atomic E-state index is 0.406. The first-order valence-corrected chi connectivity index (χ1v) is 1.40. The molecule has 6 heavy (non-hydrogen) atoms. The average molecular weight is 84.9 g/mol. The highest BCUT2D eigenvalue weighted by Crippen LogP contribution is 1.50. The van der Waals surface area contributed by atoms with E-state index in [-0.39, 0.29) is 0 Å². The van der Waals surface area contributed by atoms with Crippen molar-refractivity contribution < 1.29 is 9.45 Å². The summed E-state index contributed by atoms with van der Waals surface area (Å²) < 4.78 is 4.26. The van der Waals surface area contributed by atoms with Gasteiger partial charge in [-0.2, -0.15) is 4.99 Å². The third kappa shape index (κ3) is 3.20. The van der Waals surface area contributed by atoms with Gasteiger partial charge >= 0.3 is 8.05 Å². The van der Waals surface area contributed by atoms with Crippen LogP contribution < -0.4 is 0 Å². The molecule has 0 radical (unpaired) electrons. The van der Waals surface area contributed by atoms with Crippen LogP contribution in [0.3, 0.4) is 0 Å². The summed E-state index contributed by atoms with van der Waals surface area (Å²) in [5.41, 5.74) is 0. The molecule has 0 saturated carbocycles. The molecule has 0 aliphatic carbocycles. The van der Waals surface area contributed by atoms with Crippen LogP contribution in [0.4, 0.5) is 0 Å². The highest BCUT2D eigenvalue weighted by molar-refractivity contribution is 6.02. The van der Waals surface area contributed by atoms with E-state index < -0.39 is 0 Å². The Bertz CT molecular complexity index is 62.6. The molecule has 0 heterocycles. The van der Waals surface area contributed by atoms with Gasteiger partial charge in [0.2, 0.25) is 6.41 Å². The van der Waals surface area contributed by atoms with Crippen molar-refractivity contribution in [2.24, 2.45) is 4.99 Å². The summed E-state index contributed by atoms with van der Waals surface area (Å²) in [4.78, 5) is 12.3. The van der Waals surface area contributed by atoms with E-state index in [4.69, 9.17) is 0 Å². The molecule has 0 rings (SSSR count). The number of aliphatic imine (C=N–C) groups is 1. The van der Waals surface area contributed by atoms with Gasteiger partial charge in [-0.1, -0.05) is 0 Å². The molecule has 1 amide bonds. The van der Waals surface area contributed by atoms with Crippen molar-refractivity contribution in [1.82, 2.24) is 0 Å². The number of carbonyl (C=O) groups is 1. The van der Waals surface area contributed by atoms with Crippen molar-refractivity contribution in [2.75, 3.05) is 0 Å². The maximum Gasteiger partial charge on any atom is 0.323 e. The molecule has 0 aromatic carbocycles. The second kappa shape index (κ2) is 4.20. The van der Waals surface area contributed by atoms with Gasteiger partial charge < -0.3 is 4.65 Å². The molecule has 0 fully saturated rings. The maximum atomic E-state index is 9.29. The maximum absolute atomic E-state index is 9.29. The zero-order valence-corrected chi connectivity index (χ0v) is 3.42. The van der Waals surface area contributed by atoms with Gasteiger partial charge in [0.15, 0.2) is 6.40 Å². The van der Waals surface area contributed by atoms with Gasteiger partial charge in [0, 0.05) is 0 Å². The van der Waals surface area contributed by atoms with Gasteiger partial charge in [-0.3, -0.25) is 4.79 Å². The van der Waals surface area contributed by atoms with E-state index in [2.05, 4.69) is 9.65 Å². The fourth-order valence-corrected chi connectivity index (χ4v) is 0.0857. The van der Waals surface area contributed by atoms with Crippen molar-refractivity contribution in [3.63, 3.8) is 0 Å². The zero-order valence-electron chi connectivity index (χ0n) is 3.42. The topological polar surface area (TPSA) is 38.7 Å². The molecule has 32 valence electrons. The minimum Gasteiger partial charge on any atom is -0.560 e. The van der Waals surface area contributed by atoms with Gasteiger partial charge in [-0.05, 0) is 0 Å². The number of carbonyl (C=O) groups excluding carboxylic acids is 1. The molecule has 0 aliphatic rings. The Hall–Kier alpha value is -0.795. The Kier molecular flexibility index (Phi) is 3.65. The predicted octanol–water partition coefficient (Wildman–Crippen LogP) is -1.26. The van der Waals surface area contributed by atoms with Crippen molar-refractivity contribution in [3.05, 3.63) is 0 Å². The predicted molar refractivity (Wildman–Crippen MR) is 24.2 cm³/mol. The molecule has 3 nitrogen and oxygen atoms in total. The molecule has 0 bridgehead atoms. The van der Waals surface area contributed by atoms with E-state index in [1.165, 1.54) is 8.05 Å². The van der Waals surface area contributed by atoms with Gasteiger partial charge in [-0.25, -0.2) is 0 Å². The van der Waals surface area contributed by atoms with Crippen LogP contribution >= 0.6 is 0 Å². The van der Waals surface area contributed by atoms with Crippen LogP contribution in [0, 0.1) is 0 Å². The second-order valence-electron chi connectivity index (χ2n) is 0.596. The molecular weight excluding hydrogens is 80.8 g/mol. The SMILES string of the molecule is BOC=NC=O. The minimum absolute atomic E-state index is 0.406. The molecule has 0 N–H and O–H groups in total. The largest absolute Gasteiger partial charge is 0.560 e. The molecular formula is C2H4BNO2. The Morgan fingerprint density at radius 3 is 2.67 bits per heavy atom. The number of nitrogens with zero attached hydrogens (tertiary/aromatic N) is 1. The lowest BCUT2D eigenvalue weighted by Crippen LogP contribution is -1.76. The summed E-state index contributed by atoms with van der Waals surface area (Å²) in [5.74, 6) is 0. The Balaban J connectivity index is 2.94. The summed E-state index contributed by atoms with van der Waals surface area (Å²) in [7, 11) is 1.42. The van der Waals surface area contributed by atoms with Crippen molar-refractivity contribution >= 4 is 20.9 Å². The first-order chi connectivity index (χ1) is 2.91. The van der Waals surface area contributed by atoms with E-state index >= 15 is 0 Å². The first kappa shape index (κ1) is 5.20. The molecule has 0 atom stereocenters. The Morgan fingerprint density at radius 2 is 2.50 bits per heavy atom. The normalized spacial score (nSPS) is 8.67. The second-order valence-corrected chi connectivity index (χ2v) is 0.596. The summed E-state index contributed by atoms with van der Waals surface area (Å²) in [6.45, 7) is 0. The molecule has 4 heteroatoms. The lowest BCUT2D eigenvalue weighted by atomic mass is 10.6. The van der Waals surface area contributed by atoms with E-state index in [0.717, 1.165) is 6.40 Å². The van der Waals surface area contributed by atoms with Gasteiger partial charge in [0.25, 0.3) is 0 Å². The lowest BCUT2D eigenvalue weighted by Gasteiger charge is -1.76. The van der Waals surface area contributed by atoms with Gasteiger partial charge in [0.1, 0.15) is 0 Å². The molecule has 0 saturated heterocycles. The molecule has 0 aromatic rings. The Morgan fingerprint density at radius 1 is 1.83 bits per heavy atom. The van der Waals surface area contributed by atoms with Crippen LogP contribution in [0.1, 0.15) is 0 Å². The fraction of sp³-hybridized carbons (Fsp3) is 0. The molecule has 0 aliphatic heterocycles. The van der Waals surface area contributed by atoms with E-state index in [1.807, 2.05) is 0 Å². The zero-order chi connectivity index (χ0) is 4.83. The van der Waals surface area contributed by atoms with Gasteiger partial charge in [-0.15, -0.1) is 0 Å². The third-order valence-electron chi connectivity index (χ3n) is 0.227. The van der Waals surface area contributed by atoms with E-state index in [0.29, 0.717) is 6.41 Å². The number of hydrogen-bond donors (Lipinski definition) is 0. The van der Waals surface area contributed by atoms with Crippen LogP contribution in [-0.2, 0) is 9.45 Å². The van der Waals surface area contributed by atoms with Crippen LogP contribution in [0.25, 0.3) is 0 Å². The van der Waals surface area contributed by atoms with Crippen LogP contribution in [0.5, 0.6) is 0 Å². The quantitative estimate of drug-likeness (QED) is 0.181. The summed E-state index contributed by atoms with van der Waals surface area (Å²) in [6.07, 6.45) is 1.47. The monoisotopic (exact) mass is 85.0 g/mol. The summed E-state index contributed by atoms with van der Waals surface area (Å²) in [5, 5.41) is 0. The van der Waals surface area contributed by atoms with Crippen LogP contribution in [-0.4, -0.2) is 20.9 Å². The van der Waals surface area contributed by atoms with Crippen molar-refractivity contribution in [2.45, 2.75) is 0 Å². The molecule has 0 aromatic heterocycles. The summed E-state index contributed by atoms with van der Waals surface area (Å²) >= 11 is 0. The smallest absolute Gasteiger partial charge is 0.323 e. The van der Waals surface area contributed by atoms with E-state index in [9.17, 15) is 4.79 Å². The number of rotatable bonds is 2. The van der Waals surface area contributed by atoms with Crippen LogP contribution in [0.15, 0.2) is 4.99 Å². The number of amides is 1. The summed E-state index contributed by atoms with van der Waals surface area (Å²) in [6, 6.07) is 0. The van der Waals surface area contributed by atoms with Crippen molar-refractivity contribution in [3.8, 4) is 0 Å². The highest BCUT2D eigenvalue weighted by atomic mass is 16.4. The first-order valence-electron chi connectivity index (χ1n) is 1.40. The standard InChI is InChI=1S/C2H4BNO2/c3-6-2-4-1-5/h1-2H,3H2. The average Bonchev–Trinajstić information content (AvgIpc) is 1.61. The molecule has 0 spiro atoms. The van der Waals surface area contributed by atoms with Crippen LogP contribution in [0.2, 0.25) is 0 Å². The highest BCUT2D eigenvalue weighted by Gasteiger charge is 1.56. The number of hydrogen-bond acceptors (Lipinski definition) is 2. The lowest BCUT2D eigenvalue weighted by molar-refractivity contribution is -0.106. The third-order valence-corrected chi connectivity index (χ3v) is 0.227. The van der Waals surface area contributed by atoms with Crippen molar-refractivity contribution in [1.29, 1.82) is 0 Å². The van der Waals surface area contributed by atoms with Gasteiger partial charge in [0.05, 0.1) is 0 Å². The Labute approximate surface area is 36.5 Å².